The van der Waals surface area contributed by atoms with Gasteiger partial charge in [0.2, 0.25) is 0 Å². The Balaban J connectivity index is 2.42. The van der Waals surface area contributed by atoms with Crippen molar-refractivity contribution in [3.8, 4) is 17.6 Å². The van der Waals surface area contributed by atoms with Gasteiger partial charge in [0.25, 0.3) is 0 Å². The van der Waals surface area contributed by atoms with Gasteiger partial charge in [-0.1, -0.05) is 11.6 Å². The third-order valence-corrected chi connectivity index (χ3v) is 3.25. The zero-order valence-corrected chi connectivity index (χ0v) is 11.8. The van der Waals surface area contributed by atoms with E-state index in [1.165, 1.54) is 12.1 Å². The van der Waals surface area contributed by atoms with Crippen molar-refractivity contribution in [2.24, 2.45) is 0 Å². The molecule has 6 heteroatoms. The van der Waals surface area contributed by atoms with E-state index in [9.17, 15) is 4.39 Å². The van der Waals surface area contributed by atoms with E-state index < -0.39 is 5.82 Å². The first kappa shape index (κ1) is 13.7. The Labute approximate surface area is 122 Å². The highest BCUT2D eigenvalue weighted by molar-refractivity contribution is 9.10. The molecule has 0 aliphatic rings. The summed E-state index contributed by atoms with van der Waals surface area (Å²) in [6.07, 6.45) is 0. The van der Waals surface area contributed by atoms with Crippen LogP contribution in [-0.2, 0) is 0 Å². The van der Waals surface area contributed by atoms with Gasteiger partial charge in [0, 0.05) is 12.1 Å². The summed E-state index contributed by atoms with van der Waals surface area (Å²) in [6, 6.07) is 9.10. The van der Waals surface area contributed by atoms with E-state index in [2.05, 4.69) is 15.9 Å². The molecule has 2 N–H and O–H groups in total. The molecule has 0 aromatic heterocycles. The second kappa shape index (κ2) is 5.47. The van der Waals surface area contributed by atoms with E-state index in [4.69, 9.17) is 27.3 Å². The van der Waals surface area contributed by atoms with Gasteiger partial charge in [-0.2, -0.15) is 5.26 Å². The quantitative estimate of drug-likeness (QED) is 0.647. The van der Waals surface area contributed by atoms with Gasteiger partial charge in [-0.15, -0.1) is 0 Å². The Morgan fingerprint density at radius 3 is 2.68 bits per heavy atom. The molecule has 0 saturated heterocycles. The summed E-state index contributed by atoms with van der Waals surface area (Å²) in [6.45, 7) is 0. The minimum absolute atomic E-state index is 0.0158. The number of nitriles is 1. The predicted octanol–water partition coefficient (Wildman–Crippen LogP) is 4.49. The lowest BCUT2D eigenvalue weighted by atomic mass is 10.2. The maximum absolute atomic E-state index is 13.4. The molecule has 0 amide bonds. The molecule has 0 atom stereocenters. The zero-order valence-electron chi connectivity index (χ0n) is 9.45. The Bertz CT molecular complexity index is 685. The van der Waals surface area contributed by atoms with E-state index >= 15 is 0 Å². The van der Waals surface area contributed by atoms with Crippen LogP contribution >= 0.6 is 27.5 Å². The first-order valence-corrected chi connectivity index (χ1v) is 6.30. The predicted molar refractivity (Wildman–Crippen MR) is 74.8 cm³/mol. The van der Waals surface area contributed by atoms with Crippen LogP contribution in [0.4, 0.5) is 10.1 Å². The van der Waals surface area contributed by atoms with Crippen molar-refractivity contribution in [2.45, 2.75) is 0 Å². The van der Waals surface area contributed by atoms with Gasteiger partial charge >= 0.3 is 0 Å². The van der Waals surface area contributed by atoms with E-state index in [0.717, 1.165) is 6.07 Å². The molecule has 0 aliphatic carbocycles. The summed E-state index contributed by atoms with van der Waals surface area (Å²) in [7, 11) is 0. The average molecular weight is 342 g/mol. The Hall–Kier alpha value is -1.77. The van der Waals surface area contributed by atoms with Crippen LogP contribution in [-0.4, -0.2) is 0 Å². The summed E-state index contributed by atoms with van der Waals surface area (Å²) < 4.78 is 19.4. The van der Waals surface area contributed by atoms with Crippen molar-refractivity contribution in [3.63, 3.8) is 0 Å². The molecule has 2 aromatic carbocycles. The van der Waals surface area contributed by atoms with Crippen molar-refractivity contribution in [1.29, 1.82) is 5.26 Å². The van der Waals surface area contributed by atoms with Crippen LogP contribution in [0, 0.1) is 17.1 Å². The van der Waals surface area contributed by atoms with Gasteiger partial charge in [0.05, 0.1) is 26.8 Å². The molecule has 96 valence electrons. The molecular weight excluding hydrogens is 335 g/mol. The lowest BCUT2D eigenvalue weighted by Gasteiger charge is -2.11. The molecule has 0 saturated carbocycles. The maximum atomic E-state index is 13.4. The van der Waals surface area contributed by atoms with Crippen LogP contribution in [0.2, 0.25) is 5.02 Å². The highest BCUT2D eigenvalue weighted by atomic mass is 79.9. The third kappa shape index (κ3) is 2.98. The van der Waals surface area contributed by atoms with Crippen molar-refractivity contribution in [3.05, 3.63) is 51.2 Å². The molecule has 0 bridgehead atoms. The Morgan fingerprint density at radius 1 is 1.26 bits per heavy atom. The number of benzene rings is 2. The van der Waals surface area contributed by atoms with Crippen LogP contribution in [0.15, 0.2) is 34.8 Å². The standard InChI is InChI=1S/C13H7BrClFN2O/c14-8-4-9(15)10(16)5-12(8)19-13-3-7(6-17)1-2-11(13)18/h1-5H,18H2. The van der Waals surface area contributed by atoms with E-state index in [0.29, 0.717) is 15.7 Å². The molecule has 3 nitrogen and oxygen atoms in total. The van der Waals surface area contributed by atoms with E-state index in [-0.39, 0.29) is 16.5 Å². The van der Waals surface area contributed by atoms with Gasteiger partial charge in [0.1, 0.15) is 11.6 Å². The Morgan fingerprint density at radius 2 is 2.00 bits per heavy atom. The Kier molecular flexibility index (Phi) is 3.93. The molecule has 2 rings (SSSR count). The first-order valence-electron chi connectivity index (χ1n) is 5.13. The molecule has 0 fully saturated rings. The van der Waals surface area contributed by atoms with Crippen molar-refractivity contribution in [2.75, 3.05) is 5.73 Å². The maximum Gasteiger partial charge on any atom is 0.151 e. The highest BCUT2D eigenvalue weighted by Gasteiger charge is 2.11. The van der Waals surface area contributed by atoms with Crippen LogP contribution in [0.25, 0.3) is 0 Å². The van der Waals surface area contributed by atoms with Gasteiger partial charge in [-0.3, -0.25) is 0 Å². The lowest BCUT2D eigenvalue weighted by Crippen LogP contribution is -1.94. The molecule has 19 heavy (non-hydrogen) atoms. The second-order valence-corrected chi connectivity index (χ2v) is 4.92. The molecular formula is C13H7BrClFN2O. The third-order valence-electron chi connectivity index (χ3n) is 2.34. The number of anilines is 1. The highest BCUT2D eigenvalue weighted by Crippen LogP contribution is 2.36. The minimum Gasteiger partial charge on any atom is -0.454 e. The number of rotatable bonds is 2. The fourth-order valence-corrected chi connectivity index (χ4v) is 2.11. The SMILES string of the molecule is N#Cc1ccc(N)c(Oc2cc(F)c(Cl)cc2Br)c1. The van der Waals surface area contributed by atoms with Gasteiger partial charge in [-0.05, 0) is 34.1 Å². The topological polar surface area (TPSA) is 59.0 Å². The summed E-state index contributed by atoms with van der Waals surface area (Å²) in [5, 5.41) is 8.81. The van der Waals surface area contributed by atoms with E-state index in [1.54, 1.807) is 12.1 Å². The second-order valence-electron chi connectivity index (χ2n) is 3.66. The number of hydrogen-bond donors (Lipinski definition) is 1. The largest absolute Gasteiger partial charge is 0.454 e. The molecule has 0 heterocycles. The van der Waals surface area contributed by atoms with Crippen LogP contribution in [0.1, 0.15) is 5.56 Å². The zero-order chi connectivity index (χ0) is 14.0. The average Bonchev–Trinajstić information content (AvgIpc) is 2.38. The van der Waals surface area contributed by atoms with Crippen molar-refractivity contribution >= 4 is 33.2 Å². The molecule has 2 aromatic rings. The van der Waals surface area contributed by atoms with Gasteiger partial charge in [-0.25, -0.2) is 4.39 Å². The molecule has 0 spiro atoms. The van der Waals surface area contributed by atoms with Gasteiger partial charge in [0.15, 0.2) is 5.75 Å². The fourth-order valence-electron chi connectivity index (χ4n) is 1.39. The normalized spacial score (nSPS) is 10.0. The molecule has 0 radical (unpaired) electrons. The number of hydrogen-bond acceptors (Lipinski definition) is 3. The number of ether oxygens (including phenoxy) is 1. The molecule has 0 aliphatic heterocycles. The van der Waals surface area contributed by atoms with E-state index in [1.807, 2.05) is 6.07 Å². The monoisotopic (exact) mass is 340 g/mol. The summed E-state index contributed by atoms with van der Waals surface area (Å²) in [5.74, 6) is -0.0972. The summed E-state index contributed by atoms with van der Waals surface area (Å²) in [4.78, 5) is 0. The number of nitrogens with zero attached hydrogens (tertiary/aromatic N) is 1. The summed E-state index contributed by atoms with van der Waals surface area (Å²) >= 11 is 8.86. The van der Waals surface area contributed by atoms with Crippen molar-refractivity contribution < 1.29 is 9.13 Å². The fraction of sp³-hybridized carbons (Fsp3) is 0. The lowest BCUT2D eigenvalue weighted by molar-refractivity contribution is 0.476. The van der Waals surface area contributed by atoms with Crippen LogP contribution in [0.5, 0.6) is 11.5 Å². The first-order chi connectivity index (χ1) is 9.01. The summed E-state index contributed by atoms with van der Waals surface area (Å²) in [5.41, 5.74) is 6.49. The number of nitrogens with two attached hydrogens (primary N) is 1. The minimum atomic E-state index is -0.602. The number of nitrogen functional groups attached to an aromatic ring is 1. The number of halogens is 3. The van der Waals surface area contributed by atoms with Crippen LogP contribution < -0.4 is 10.5 Å². The van der Waals surface area contributed by atoms with Crippen molar-refractivity contribution in [1.82, 2.24) is 0 Å². The van der Waals surface area contributed by atoms with Crippen LogP contribution in [0.3, 0.4) is 0 Å². The molecule has 0 unspecified atom stereocenters. The smallest absolute Gasteiger partial charge is 0.151 e. The van der Waals surface area contributed by atoms with Gasteiger partial charge < -0.3 is 10.5 Å².